The number of allylic oxidation sites excluding steroid dienone is 2. The topological polar surface area (TPSA) is 79.2 Å². The molecular weight excluding hydrogens is 368 g/mol. The molecule has 1 heterocycles. The van der Waals surface area contributed by atoms with Crippen LogP contribution < -0.4 is 0 Å². The van der Waals surface area contributed by atoms with Gasteiger partial charge in [0.05, 0.1) is 13.2 Å². The first-order valence-electron chi connectivity index (χ1n) is 12.1. The molecule has 1 aliphatic rings. The van der Waals surface area contributed by atoms with Crippen LogP contribution in [-0.2, 0) is 9.47 Å². The molecule has 0 unspecified atom stereocenters. The van der Waals surface area contributed by atoms with E-state index in [9.17, 15) is 10.2 Å². The zero-order valence-corrected chi connectivity index (χ0v) is 18.6. The van der Waals surface area contributed by atoms with Crippen molar-refractivity contribution >= 4 is 0 Å². The highest BCUT2D eigenvalue weighted by molar-refractivity contribution is 4.87. The van der Waals surface area contributed by atoms with Crippen molar-refractivity contribution in [3.8, 4) is 0 Å². The van der Waals surface area contributed by atoms with Gasteiger partial charge in [0, 0.05) is 6.61 Å². The molecule has 0 spiro atoms. The standard InChI is InChI=1S/C24H46O5/c1-2-3-4-5-6-7-8-9-10-11-12-13-14-15-16-17-18-28-22-20-29-21(19-25)23(26)24(22)27/h10-11,21-27H,2-9,12-20H2,1H3/b11-10+/t21-,22+,23-,24-/m1/s1. The minimum Gasteiger partial charge on any atom is -0.394 e. The van der Waals surface area contributed by atoms with E-state index in [1.165, 1.54) is 77.0 Å². The van der Waals surface area contributed by atoms with Crippen molar-refractivity contribution in [2.45, 2.75) is 121 Å². The van der Waals surface area contributed by atoms with Gasteiger partial charge in [-0.2, -0.15) is 0 Å². The third-order valence-electron chi connectivity index (χ3n) is 5.75. The highest BCUT2D eigenvalue weighted by Gasteiger charge is 2.38. The minimum absolute atomic E-state index is 0.217. The van der Waals surface area contributed by atoms with Gasteiger partial charge in [-0.3, -0.25) is 0 Å². The van der Waals surface area contributed by atoms with Gasteiger partial charge in [0.2, 0.25) is 0 Å². The Bertz CT molecular complexity index is 387. The minimum atomic E-state index is -1.09. The molecule has 0 saturated carbocycles. The Labute approximate surface area is 178 Å². The van der Waals surface area contributed by atoms with Crippen molar-refractivity contribution in [1.82, 2.24) is 0 Å². The number of aliphatic hydroxyl groups is 3. The van der Waals surface area contributed by atoms with Crippen molar-refractivity contribution in [2.75, 3.05) is 19.8 Å². The molecule has 4 atom stereocenters. The monoisotopic (exact) mass is 414 g/mol. The summed E-state index contributed by atoms with van der Waals surface area (Å²) in [6, 6.07) is 0. The van der Waals surface area contributed by atoms with E-state index in [0.29, 0.717) is 6.61 Å². The molecule has 172 valence electrons. The van der Waals surface area contributed by atoms with Gasteiger partial charge < -0.3 is 24.8 Å². The molecule has 0 aromatic heterocycles. The van der Waals surface area contributed by atoms with Crippen LogP contribution in [0.5, 0.6) is 0 Å². The Hall–Kier alpha value is -0.460. The number of hydrogen-bond donors (Lipinski definition) is 3. The maximum atomic E-state index is 10.0. The molecule has 1 rings (SSSR count). The molecule has 1 fully saturated rings. The van der Waals surface area contributed by atoms with E-state index in [4.69, 9.17) is 14.6 Å². The van der Waals surface area contributed by atoms with Crippen LogP contribution in [0.4, 0.5) is 0 Å². The molecule has 1 saturated heterocycles. The second kappa shape index (κ2) is 18.3. The van der Waals surface area contributed by atoms with E-state index >= 15 is 0 Å². The SMILES string of the molecule is CCCCCCCCC/C=C/CCCCCCCO[C@H]1CO[C@H](CO)[C@@H](O)[C@@H]1O. The molecule has 29 heavy (non-hydrogen) atoms. The summed E-state index contributed by atoms with van der Waals surface area (Å²) in [4.78, 5) is 0. The van der Waals surface area contributed by atoms with Crippen LogP contribution in [0.25, 0.3) is 0 Å². The number of rotatable bonds is 18. The van der Waals surface area contributed by atoms with Gasteiger partial charge in [0.25, 0.3) is 0 Å². The summed E-state index contributed by atoms with van der Waals surface area (Å²) >= 11 is 0. The van der Waals surface area contributed by atoms with Crippen LogP contribution in [0.3, 0.4) is 0 Å². The van der Waals surface area contributed by atoms with Gasteiger partial charge >= 0.3 is 0 Å². The van der Waals surface area contributed by atoms with E-state index in [1.54, 1.807) is 0 Å². The lowest BCUT2D eigenvalue weighted by molar-refractivity contribution is -0.208. The second-order valence-electron chi connectivity index (χ2n) is 8.38. The van der Waals surface area contributed by atoms with Crippen LogP contribution in [0.15, 0.2) is 12.2 Å². The molecule has 5 nitrogen and oxygen atoms in total. The molecule has 0 aliphatic carbocycles. The van der Waals surface area contributed by atoms with E-state index in [-0.39, 0.29) is 13.2 Å². The number of aliphatic hydroxyl groups excluding tert-OH is 3. The van der Waals surface area contributed by atoms with E-state index in [0.717, 1.165) is 12.8 Å². The predicted octanol–water partition coefficient (Wildman–Crippen LogP) is 4.52. The fourth-order valence-corrected chi connectivity index (χ4v) is 3.75. The molecule has 0 aromatic rings. The Balaban J connectivity index is 1.84. The summed E-state index contributed by atoms with van der Waals surface area (Å²) < 4.78 is 11.0. The number of hydrogen-bond acceptors (Lipinski definition) is 5. The first-order valence-corrected chi connectivity index (χ1v) is 12.1. The number of unbranched alkanes of at least 4 members (excludes halogenated alkanes) is 12. The highest BCUT2D eigenvalue weighted by atomic mass is 16.6. The third-order valence-corrected chi connectivity index (χ3v) is 5.75. The van der Waals surface area contributed by atoms with Crippen molar-refractivity contribution in [3.63, 3.8) is 0 Å². The van der Waals surface area contributed by atoms with Crippen molar-refractivity contribution in [1.29, 1.82) is 0 Å². The van der Waals surface area contributed by atoms with Crippen LogP contribution >= 0.6 is 0 Å². The smallest absolute Gasteiger partial charge is 0.111 e. The summed E-state index contributed by atoms with van der Waals surface area (Å²) in [5, 5.41) is 28.9. The Morgan fingerprint density at radius 1 is 0.793 bits per heavy atom. The molecule has 0 amide bonds. The third kappa shape index (κ3) is 12.7. The Kier molecular flexibility index (Phi) is 16.8. The molecule has 1 aliphatic heterocycles. The van der Waals surface area contributed by atoms with E-state index in [2.05, 4.69) is 19.1 Å². The van der Waals surface area contributed by atoms with Gasteiger partial charge in [0.15, 0.2) is 0 Å². The molecule has 0 radical (unpaired) electrons. The largest absolute Gasteiger partial charge is 0.394 e. The second-order valence-corrected chi connectivity index (χ2v) is 8.38. The van der Waals surface area contributed by atoms with E-state index in [1.807, 2.05) is 0 Å². The van der Waals surface area contributed by atoms with E-state index < -0.39 is 24.4 Å². The maximum absolute atomic E-state index is 10.0. The molecule has 0 bridgehead atoms. The number of ether oxygens (including phenoxy) is 2. The summed E-state index contributed by atoms with van der Waals surface area (Å²) in [6.07, 6.45) is 19.2. The zero-order valence-electron chi connectivity index (χ0n) is 18.6. The van der Waals surface area contributed by atoms with Gasteiger partial charge in [-0.15, -0.1) is 0 Å². The fourth-order valence-electron chi connectivity index (χ4n) is 3.75. The van der Waals surface area contributed by atoms with Crippen LogP contribution in [0.2, 0.25) is 0 Å². The zero-order chi connectivity index (χ0) is 21.2. The Morgan fingerprint density at radius 2 is 1.34 bits per heavy atom. The lowest BCUT2D eigenvalue weighted by Crippen LogP contribution is -2.55. The fraction of sp³-hybridized carbons (Fsp3) is 0.917. The lowest BCUT2D eigenvalue weighted by Gasteiger charge is -2.36. The van der Waals surface area contributed by atoms with Crippen molar-refractivity contribution in [3.05, 3.63) is 12.2 Å². The summed E-state index contributed by atoms with van der Waals surface area (Å²) in [7, 11) is 0. The average molecular weight is 415 g/mol. The van der Waals surface area contributed by atoms with Gasteiger partial charge in [-0.1, -0.05) is 76.9 Å². The molecule has 5 heteroatoms. The average Bonchev–Trinajstić information content (AvgIpc) is 2.73. The molecule has 3 N–H and O–H groups in total. The van der Waals surface area contributed by atoms with Crippen LogP contribution in [-0.4, -0.2) is 59.6 Å². The normalized spacial score (nSPS) is 25.1. The lowest BCUT2D eigenvalue weighted by atomic mass is 10.0. The highest BCUT2D eigenvalue weighted by Crippen LogP contribution is 2.18. The Morgan fingerprint density at radius 3 is 1.93 bits per heavy atom. The summed E-state index contributed by atoms with van der Waals surface area (Å²) in [5.74, 6) is 0. The first kappa shape index (κ1) is 26.6. The maximum Gasteiger partial charge on any atom is 0.111 e. The van der Waals surface area contributed by atoms with Crippen molar-refractivity contribution in [2.24, 2.45) is 0 Å². The predicted molar refractivity (Wildman–Crippen MR) is 118 cm³/mol. The van der Waals surface area contributed by atoms with Crippen LogP contribution in [0, 0.1) is 0 Å². The van der Waals surface area contributed by atoms with Crippen LogP contribution in [0.1, 0.15) is 96.8 Å². The first-order chi connectivity index (χ1) is 14.2. The van der Waals surface area contributed by atoms with Gasteiger partial charge in [-0.25, -0.2) is 0 Å². The molecule has 0 aromatic carbocycles. The summed E-state index contributed by atoms with van der Waals surface area (Å²) in [5.41, 5.74) is 0. The summed E-state index contributed by atoms with van der Waals surface area (Å²) in [6.45, 7) is 2.76. The quantitative estimate of drug-likeness (QED) is 0.227. The molecular formula is C24H46O5. The van der Waals surface area contributed by atoms with Gasteiger partial charge in [-0.05, 0) is 32.1 Å². The van der Waals surface area contributed by atoms with Gasteiger partial charge in [0.1, 0.15) is 24.4 Å². The van der Waals surface area contributed by atoms with Crippen molar-refractivity contribution < 1.29 is 24.8 Å².